The summed E-state index contributed by atoms with van der Waals surface area (Å²) in [6.45, 7) is 0. The fourth-order valence-electron chi connectivity index (χ4n) is 3.34. The zero-order valence-corrected chi connectivity index (χ0v) is 29.9. The molecule has 0 atom stereocenters. The second-order valence-corrected chi connectivity index (χ2v) is 10.9. The number of azo groups is 2. The average Bonchev–Trinajstić information content (AvgIpc) is 2.90. The van der Waals surface area contributed by atoms with Gasteiger partial charge in [-0.2, -0.15) is 37.3 Å². The maximum atomic E-state index is 12.1. The molecule has 4 rings (SSSR count). The first-order chi connectivity index (χ1) is 18.9. The van der Waals surface area contributed by atoms with Gasteiger partial charge in [0.15, 0.2) is 0 Å². The summed E-state index contributed by atoms with van der Waals surface area (Å²) < 4.78 is 67.7. The van der Waals surface area contributed by atoms with Crippen LogP contribution in [0.2, 0.25) is 0 Å². The van der Waals surface area contributed by atoms with Crippen molar-refractivity contribution in [2.24, 2.45) is 20.5 Å². The second-order valence-electron chi connectivity index (χ2n) is 8.16. The first-order valence-corrected chi connectivity index (χ1v) is 14.1. The summed E-state index contributed by atoms with van der Waals surface area (Å²) in [5.74, 6) is 0.0723. The number of benzene rings is 4. The van der Waals surface area contributed by atoms with E-state index in [0.717, 1.165) is 12.1 Å². The molecule has 0 saturated heterocycles. The normalized spacial score (nSPS) is 11.4. The molecule has 0 heterocycles. The van der Waals surface area contributed by atoms with E-state index < -0.39 is 30.0 Å². The van der Waals surface area contributed by atoms with Crippen molar-refractivity contribution < 1.29 is 36.2 Å². The molecule has 4 aromatic rings. The molecule has 0 aliphatic rings. The van der Waals surface area contributed by atoms with Crippen LogP contribution in [0, 0.1) is 0 Å². The molecule has 208 valence electrons. The predicted molar refractivity (Wildman–Crippen MR) is 169 cm³/mol. The minimum Gasteiger partial charge on any atom is -0.508 e. The van der Waals surface area contributed by atoms with Gasteiger partial charge in [-0.15, -0.1) is 0 Å². The summed E-state index contributed by atoms with van der Waals surface area (Å²) in [5.41, 5.74) is 0.976. The van der Waals surface area contributed by atoms with E-state index in [9.17, 15) is 36.2 Å². The third-order valence-electron chi connectivity index (χ3n) is 5.25. The monoisotopic (exact) mass is 640 g/mol. The number of phenolic OH excluding ortho intramolecular Hbond substituents is 2. The van der Waals surface area contributed by atoms with Crippen molar-refractivity contribution in [3.8, 4) is 11.5 Å². The molecule has 0 fully saturated rings. The molecule has 4 aromatic carbocycles. The van der Waals surface area contributed by atoms with Crippen LogP contribution in [-0.2, 0) is 20.2 Å². The van der Waals surface area contributed by atoms with Gasteiger partial charge in [0.2, 0.25) is 0 Å². The molecule has 4 N–H and O–H groups in total. The SMILES string of the molecule is O=S(=O)(O)c1cc(N=Nc2ccc(O)cc2)ccc1C=Cc1ccc(N=Nc2ccc(O)cc2)cc1S(=O)(=O)O.[Li].[Li].[Na].[Na]. The maximum Gasteiger partial charge on any atom is 0.295 e. The number of rotatable bonds is 8. The summed E-state index contributed by atoms with van der Waals surface area (Å²) in [4.78, 5) is -1.03. The Morgan fingerprint density at radius 3 is 1.05 bits per heavy atom. The van der Waals surface area contributed by atoms with Crippen LogP contribution in [0.1, 0.15) is 11.1 Å². The molecule has 0 aliphatic heterocycles. The maximum absolute atomic E-state index is 12.1. The summed E-state index contributed by atoms with van der Waals surface area (Å²) in [5, 5.41) is 34.5. The van der Waals surface area contributed by atoms with Crippen LogP contribution in [0.4, 0.5) is 22.7 Å². The average molecular weight is 640 g/mol. The van der Waals surface area contributed by atoms with Crippen molar-refractivity contribution in [3.05, 3.63) is 96.1 Å². The van der Waals surface area contributed by atoms with Gasteiger partial charge in [-0.1, -0.05) is 24.3 Å². The standard InChI is InChI=1S/C26H20N4O8S2.2Li.2Na/c31-23-11-7-19(8-12-23)27-29-21-5-3-17(25(15-21)39(33,34)35)1-2-18-4-6-22(16-26(18)40(36,37)38)30-28-20-9-13-24(32)14-10-20;;;;/h1-16,31-32H,(H,33,34,35)(H,36,37,38);;;;. The first-order valence-electron chi connectivity index (χ1n) is 11.2. The Morgan fingerprint density at radius 1 is 0.477 bits per heavy atom. The van der Waals surface area contributed by atoms with Crippen LogP contribution in [0.15, 0.2) is 115 Å². The van der Waals surface area contributed by atoms with Gasteiger partial charge in [0.25, 0.3) is 20.2 Å². The molecule has 0 bridgehead atoms. The van der Waals surface area contributed by atoms with E-state index in [2.05, 4.69) is 20.5 Å². The van der Waals surface area contributed by atoms with Gasteiger partial charge in [-0.3, -0.25) is 9.11 Å². The second kappa shape index (κ2) is 18.5. The minimum atomic E-state index is -4.73. The number of aromatic hydroxyl groups is 2. The van der Waals surface area contributed by atoms with Crippen LogP contribution in [-0.4, -0.2) is 133 Å². The van der Waals surface area contributed by atoms with Crippen molar-refractivity contribution in [1.29, 1.82) is 0 Å². The Bertz CT molecular complexity index is 1740. The largest absolute Gasteiger partial charge is 0.508 e. The van der Waals surface area contributed by atoms with E-state index in [1.165, 1.54) is 84.9 Å². The Labute approximate surface area is 322 Å². The predicted octanol–water partition coefficient (Wildman–Crippen LogP) is 5.07. The topological polar surface area (TPSA) is 199 Å². The zero-order chi connectivity index (χ0) is 28.9. The van der Waals surface area contributed by atoms with E-state index in [0.29, 0.717) is 11.4 Å². The van der Waals surface area contributed by atoms with Crippen molar-refractivity contribution in [3.63, 3.8) is 0 Å². The van der Waals surface area contributed by atoms with E-state index in [1.807, 2.05) is 0 Å². The van der Waals surface area contributed by atoms with E-state index >= 15 is 0 Å². The zero-order valence-electron chi connectivity index (χ0n) is 24.3. The van der Waals surface area contributed by atoms with Gasteiger partial charge in [0.05, 0.1) is 22.7 Å². The van der Waals surface area contributed by atoms with Gasteiger partial charge >= 0.3 is 0 Å². The molecule has 0 amide bonds. The molecule has 0 aromatic heterocycles. The van der Waals surface area contributed by atoms with Crippen molar-refractivity contribution in [2.75, 3.05) is 0 Å². The van der Waals surface area contributed by atoms with E-state index in [-0.39, 0.29) is 131 Å². The summed E-state index contributed by atoms with van der Waals surface area (Å²) in [6.07, 6.45) is 2.48. The quantitative estimate of drug-likeness (QED) is 0.0885. The van der Waals surface area contributed by atoms with E-state index in [4.69, 9.17) is 0 Å². The van der Waals surface area contributed by atoms with E-state index in [1.54, 1.807) is 0 Å². The Morgan fingerprint density at radius 2 is 0.750 bits per heavy atom. The Hall–Kier alpha value is -1.57. The molecule has 0 aliphatic carbocycles. The van der Waals surface area contributed by atoms with Crippen molar-refractivity contribution >= 4 is 152 Å². The van der Waals surface area contributed by atoms with Crippen LogP contribution in [0.25, 0.3) is 12.2 Å². The number of nitrogens with zero attached hydrogens (tertiary/aromatic N) is 4. The van der Waals surface area contributed by atoms with Crippen molar-refractivity contribution in [1.82, 2.24) is 0 Å². The third-order valence-corrected chi connectivity index (χ3v) is 7.07. The summed E-state index contributed by atoms with van der Waals surface area (Å²) in [6, 6.07) is 19.2. The molecule has 44 heavy (non-hydrogen) atoms. The van der Waals surface area contributed by atoms with Crippen LogP contribution >= 0.6 is 0 Å². The first kappa shape index (κ1) is 42.4. The smallest absolute Gasteiger partial charge is 0.295 e. The Balaban J connectivity index is 0.00000462. The third kappa shape index (κ3) is 12.3. The molecular formula is C26H20Li2N4Na2O8S2. The number of phenols is 2. The molecule has 12 nitrogen and oxygen atoms in total. The van der Waals surface area contributed by atoms with Gasteiger partial charge in [0, 0.05) is 96.8 Å². The fraction of sp³-hybridized carbons (Fsp3) is 0. The molecular weight excluding hydrogens is 620 g/mol. The molecule has 0 saturated carbocycles. The summed E-state index contributed by atoms with van der Waals surface area (Å²) in [7, 11) is -9.45. The molecule has 0 spiro atoms. The molecule has 4 radical (unpaired) electrons. The van der Waals surface area contributed by atoms with Gasteiger partial charge in [-0.05, 0) is 83.9 Å². The summed E-state index contributed by atoms with van der Waals surface area (Å²) >= 11 is 0. The van der Waals surface area contributed by atoms with Gasteiger partial charge in [0.1, 0.15) is 21.3 Å². The van der Waals surface area contributed by atoms with Gasteiger partial charge in [-0.25, -0.2) is 0 Å². The van der Waals surface area contributed by atoms with Crippen LogP contribution in [0.5, 0.6) is 11.5 Å². The number of hydrogen-bond donors (Lipinski definition) is 4. The van der Waals surface area contributed by atoms with Crippen molar-refractivity contribution in [2.45, 2.75) is 9.79 Å². The molecule has 0 unspecified atom stereocenters. The fourth-order valence-corrected chi connectivity index (χ4v) is 4.75. The molecule has 18 heteroatoms. The Kier molecular flexibility index (Phi) is 17.9. The number of hydrogen-bond acceptors (Lipinski definition) is 10. The van der Waals surface area contributed by atoms with Crippen LogP contribution in [0.3, 0.4) is 0 Å². The van der Waals surface area contributed by atoms with Crippen LogP contribution < -0.4 is 0 Å². The minimum absolute atomic E-state index is 0. The van der Waals surface area contributed by atoms with Gasteiger partial charge < -0.3 is 10.2 Å².